The van der Waals surface area contributed by atoms with Gasteiger partial charge in [-0.05, 0) is 43.5 Å². The molecule has 4 N–H and O–H groups in total. The molecule has 0 saturated heterocycles. The summed E-state index contributed by atoms with van der Waals surface area (Å²) in [6.07, 6.45) is 1.56. The normalized spacial score (nSPS) is 13.1. The second kappa shape index (κ2) is 11.2. The van der Waals surface area contributed by atoms with E-state index in [-0.39, 0.29) is 46.0 Å². The summed E-state index contributed by atoms with van der Waals surface area (Å²) in [5.41, 5.74) is 1.11. The molecule has 0 saturated carbocycles. The molecule has 0 aliphatic rings. The third kappa shape index (κ3) is 6.36. The predicted molar refractivity (Wildman–Crippen MR) is 141 cm³/mol. The van der Waals surface area contributed by atoms with E-state index < -0.39 is 32.1 Å². The first-order chi connectivity index (χ1) is 18.0. The number of carboxylic acid groups (broad SMARTS) is 1. The monoisotopic (exact) mass is 580 g/mol. The fourth-order valence-electron chi connectivity index (χ4n) is 3.70. The molecule has 1 atom stereocenters. The van der Waals surface area contributed by atoms with Crippen molar-refractivity contribution in [3.05, 3.63) is 48.7 Å². The molecule has 1 unspecified atom stereocenters. The van der Waals surface area contributed by atoms with E-state index in [0.29, 0.717) is 16.6 Å². The highest BCUT2D eigenvalue weighted by molar-refractivity contribution is 7.91. The molecule has 1 amide bonds. The number of nitrogens with zero attached hydrogens (tertiary/aromatic N) is 1. The van der Waals surface area contributed by atoms with E-state index in [1.54, 1.807) is 24.3 Å². The first-order valence-corrected chi connectivity index (χ1v) is 15.1. The largest absolute Gasteiger partial charge is 0.480 e. The van der Waals surface area contributed by atoms with Crippen molar-refractivity contribution < 1.29 is 35.9 Å². The van der Waals surface area contributed by atoms with Gasteiger partial charge in [-0.25, -0.2) is 26.5 Å². The van der Waals surface area contributed by atoms with Crippen LogP contribution in [0.3, 0.4) is 0 Å². The molecule has 15 heteroatoms. The number of carbonyl (C=O) groups is 2. The van der Waals surface area contributed by atoms with E-state index in [9.17, 15) is 31.5 Å². The van der Waals surface area contributed by atoms with Crippen LogP contribution in [0.25, 0.3) is 21.9 Å². The van der Waals surface area contributed by atoms with Gasteiger partial charge in [-0.15, -0.1) is 0 Å². The summed E-state index contributed by atoms with van der Waals surface area (Å²) in [4.78, 5) is 26.6. The molecule has 0 aliphatic heterocycles. The van der Waals surface area contributed by atoms with Gasteiger partial charge < -0.3 is 14.8 Å². The molecular formula is C23H24N4O8S3. The zero-order valence-corrected chi connectivity index (χ0v) is 22.5. The molecule has 4 aromatic rings. The van der Waals surface area contributed by atoms with E-state index in [0.717, 1.165) is 22.9 Å². The Balaban J connectivity index is 1.35. The Kier molecular flexibility index (Phi) is 8.13. The molecule has 2 aromatic carbocycles. The highest BCUT2D eigenvalue weighted by atomic mass is 32.2. The lowest BCUT2D eigenvalue weighted by atomic mass is 10.1. The van der Waals surface area contributed by atoms with Gasteiger partial charge in [-0.1, -0.05) is 29.5 Å². The van der Waals surface area contributed by atoms with Gasteiger partial charge in [-0.3, -0.25) is 9.59 Å². The van der Waals surface area contributed by atoms with Crippen LogP contribution in [0.2, 0.25) is 0 Å². The zero-order chi connectivity index (χ0) is 27.5. The van der Waals surface area contributed by atoms with Crippen LogP contribution in [-0.4, -0.2) is 51.4 Å². The Morgan fingerprint density at radius 2 is 1.76 bits per heavy atom. The molecule has 4 rings (SSSR count). The SMILES string of the molecule is CC(=O)Nc1ncc(S(=O)(=O)NCCCCC(NS(=O)(=O)c2ccc3oc4ccccc4c3c2)C(=O)O)s1. The maximum Gasteiger partial charge on any atom is 0.321 e. The van der Waals surface area contributed by atoms with E-state index in [4.69, 9.17) is 4.42 Å². The van der Waals surface area contributed by atoms with E-state index in [2.05, 4.69) is 19.7 Å². The van der Waals surface area contributed by atoms with Gasteiger partial charge in [-0.2, -0.15) is 4.72 Å². The van der Waals surface area contributed by atoms with Crippen LogP contribution in [-0.2, 0) is 29.6 Å². The maximum absolute atomic E-state index is 13.0. The van der Waals surface area contributed by atoms with Gasteiger partial charge in [0.25, 0.3) is 10.0 Å². The number of anilines is 1. The third-order valence-corrected chi connectivity index (χ3v) is 9.80. The average molecular weight is 581 g/mol. The number of amides is 1. The van der Waals surface area contributed by atoms with Crippen LogP contribution in [0, 0.1) is 0 Å². The standard InChI is InChI=1S/C23H24N4O8S3/c1-14(28)26-23-24-13-21(36-23)38(33,34)25-11-5-4-7-18(22(29)30)27-37(31,32)15-9-10-20-17(12-15)16-6-2-3-8-19(16)35-20/h2-3,6,8-10,12-13,18,25,27H,4-5,7,11H2,1H3,(H,29,30)(H,24,26,28). The molecule has 2 aromatic heterocycles. The van der Waals surface area contributed by atoms with Crippen LogP contribution in [0.4, 0.5) is 5.13 Å². The number of furan rings is 1. The minimum atomic E-state index is -4.17. The summed E-state index contributed by atoms with van der Waals surface area (Å²) in [6.45, 7) is 1.27. The number of rotatable bonds is 12. The van der Waals surface area contributed by atoms with Gasteiger partial charge >= 0.3 is 5.97 Å². The summed E-state index contributed by atoms with van der Waals surface area (Å²) < 4.78 is 60.9. The lowest BCUT2D eigenvalue weighted by Crippen LogP contribution is -2.40. The lowest BCUT2D eigenvalue weighted by molar-refractivity contribution is -0.139. The number of aromatic nitrogens is 1. The average Bonchev–Trinajstić information content (AvgIpc) is 3.47. The van der Waals surface area contributed by atoms with Crippen LogP contribution in [0.5, 0.6) is 0 Å². The number of thiazole rings is 1. The summed E-state index contributed by atoms with van der Waals surface area (Å²) in [7, 11) is -8.04. The number of sulfonamides is 2. The van der Waals surface area contributed by atoms with Crippen LogP contribution >= 0.6 is 11.3 Å². The van der Waals surface area contributed by atoms with Crippen LogP contribution in [0.15, 0.2) is 62.2 Å². The molecule has 202 valence electrons. The molecule has 12 nitrogen and oxygen atoms in total. The van der Waals surface area contributed by atoms with Gasteiger partial charge in [0, 0.05) is 24.2 Å². The smallest absolute Gasteiger partial charge is 0.321 e. The van der Waals surface area contributed by atoms with E-state index in [1.165, 1.54) is 25.1 Å². The number of para-hydroxylation sites is 1. The highest BCUT2D eigenvalue weighted by Crippen LogP contribution is 2.30. The van der Waals surface area contributed by atoms with E-state index >= 15 is 0 Å². The molecule has 0 spiro atoms. The fourth-order valence-corrected chi connectivity index (χ4v) is 7.15. The molecule has 0 aliphatic carbocycles. The van der Waals surface area contributed by atoms with Crippen LogP contribution < -0.4 is 14.8 Å². The van der Waals surface area contributed by atoms with Crippen molar-refractivity contribution in [3.63, 3.8) is 0 Å². The predicted octanol–water partition coefficient (Wildman–Crippen LogP) is 2.88. The van der Waals surface area contributed by atoms with Crippen molar-refractivity contribution in [2.45, 2.75) is 41.3 Å². The minimum Gasteiger partial charge on any atom is -0.480 e. The van der Waals surface area contributed by atoms with E-state index in [1.807, 2.05) is 0 Å². The molecule has 0 bridgehead atoms. The Hall–Kier alpha value is -3.37. The quantitative estimate of drug-likeness (QED) is 0.183. The number of unbranched alkanes of at least 4 members (excludes halogenated alkanes) is 1. The molecule has 0 radical (unpaired) electrons. The molecule has 38 heavy (non-hydrogen) atoms. The van der Waals surface area contributed by atoms with Gasteiger partial charge in [0.05, 0.1) is 11.1 Å². The Morgan fingerprint density at radius 3 is 2.50 bits per heavy atom. The van der Waals surface area contributed by atoms with Crippen molar-refractivity contribution in [2.75, 3.05) is 11.9 Å². The summed E-state index contributed by atoms with van der Waals surface area (Å²) >= 11 is 0.793. The highest BCUT2D eigenvalue weighted by Gasteiger charge is 2.26. The number of carboxylic acids is 1. The minimum absolute atomic E-state index is 0.000969. The van der Waals surface area contributed by atoms with Gasteiger partial charge in [0.2, 0.25) is 15.9 Å². The second-order valence-electron chi connectivity index (χ2n) is 8.33. The van der Waals surface area contributed by atoms with Crippen molar-refractivity contribution in [1.82, 2.24) is 14.4 Å². The topological polar surface area (TPSA) is 185 Å². The fraction of sp³-hybridized carbons (Fsp3) is 0.261. The molecule has 2 heterocycles. The van der Waals surface area contributed by atoms with Crippen molar-refractivity contribution in [1.29, 1.82) is 0 Å². The Labute approximate surface area is 222 Å². The number of hydrogen-bond donors (Lipinski definition) is 4. The zero-order valence-electron chi connectivity index (χ0n) is 20.0. The number of hydrogen-bond acceptors (Lipinski definition) is 9. The first-order valence-electron chi connectivity index (χ1n) is 11.4. The number of aliphatic carboxylic acids is 1. The Bertz CT molecular complexity index is 1710. The maximum atomic E-state index is 13.0. The Morgan fingerprint density at radius 1 is 1.03 bits per heavy atom. The summed E-state index contributed by atoms with van der Waals surface area (Å²) in [6, 6.07) is 10.1. The molecule has 0 fully saturated rings. The lowest BCUT2D eigenvalue weighted by Gasteiger charge is -2.15. The number of carbonyl (C=O) groups excluding carboxylic acids is 1. The molecular weight excluding hydrogens is 556 g/mol. The van der Waals surface area contributed by atoms with Crippen molar-refractivity contribution >= 4 is 70.3 Å². The third-order valence-electron chi connectivity index (χ3n) is 5.50. The van der Waals surface area contributed by atoms with Crippen molar-refractivity contribution in [3.8, 4) is 0 Å². The number of nitrogens with one attached hydrogen (secondary N) is 3. The first kappa shape index (κ1) is 27.7. The number of fused-ring (bicyclic) bond motifs is 3. The summed E-state index contributed by atoms with van der Waals surface area (Å²) in [5, 5.41) is 13.5. The number of benzene rings is 2. The van der Waals surface area contributed by atoms with Crippen molar-refractivity contribution in [2.24, 2.45) is 0 Å². The second-order valence-corrected chi connectivity index (χ2v) is 13.1. The van der Waals surface area contributed by atoms with Gasteiger partial charge in [0.1, 0.15) is 17.2 Å². The summed E-state index contributed by atoms with van der Waals surface area (Å²) in [5.74, 6) is -1.73. The van der Waals surface area contributed by atoms with Gasteiger partial charge in [0.15, 0.2) is 9.34 Å². The van der Waals surface area contributed by atoms with Crippen LogP contribution in [0.1, 0.15) is 26.2 Å².